The molecule has 0 saturated carbocycles. The molecule has 250 valence electrons. The summed E-state index contributed by atoms with van der Waals surface area (Å²) in [4.78, 5) is 4.70. The number of benzene rings is 5. The van der Waals surface area contributed by atoms with E-state index in [2.05, 4.69) is 145 Å². The van der Waals surface area contributed by atoms with Gasteiger partial charge < -0.3 is 28.7 Å². The van der Waals surface area contributed by atoms with Gasteiger partial charge in [-0.05, 0) is 109 Å². The first-order valence-electron chi connectivity index (χ1n) is 16.9. The lowest BCUT2D eigenvalue weighted by Crippen LogP contribution is -2.09. The second kappa shape index (κ2) is 13.3. The van der Waals surface area contributed by atoms with E-state index in [0.29, 0.717) is 26.4 Å². The molecular weight excluding hydrogens is 661 g/mol. The number of ether oxygens (including phenoxy) is 4. The lowest BCUT2D eigenvalue weighted by atomic mass is 10.1. The molecular formula is C42H36N2O4S2. The van der Waals surface area contributed by atoms with Crippen molar-refractivity contribution in [1.82, 2.24) is 0 Å². The summed E-state index contributed by atoms with van der Waals surface area (Å²) in [5.41, 5.74) is 8.97. The molecule has 50 heavy (non-hydrogen) atoms. The van der Waals surface area contributed by atoms with Crippen LogP contribution in [-0.2, 0) is 18.9 Å². The third-order valence-electron chi connectivity index (χ3n) is 9.18. The summed E-state index contributed by atoms with van der Waals surface area (Å²) >= 11 is 3.63. The van der Waals surface area contributed by atoms with Crippen LogP contribution in [0, 0.1) is 13.8 Å². The topological polar surface area (TPSA) is 43.4 Å². The predicted octanol–water partition coefficient (Wildman–Crippen LogP) is 11.8. The molecule has 0 radical (unpaired) electrons. The number of fused-ring (bicyclic) bond motifs is 2. The monoisotopic (exact) mass is 696 g/mol. The van der Waals surface area contributed by atoms with Gasteiger partial charge in [-0.1, -0.05) is 48.5 Å². The van der Waals surface area contributed by atoms with E-state index in [1.165, 1.54) is 41.3 Å². The summed E-state index contributed by atoms with van der Waals surface area (Å²) < 4.78 is 25.5. The van der Waals surface area contributed by atoms with Crippen molar-refractivity contribution < 1.29 is 18.9 Å². The molecule has 0 atom stereocenters. The average molecular weight is 697 g/mol. The highest BCUT2D eigenvalue weighted by Gasteiger charge is 2.23. The Labute approximate surface area is 299 Å². The number of thiophene rings is 2. The van der Waals surface area contributed by atoms with Crippen LogP contribution >= 0.6 is 22.7 Å². The van der Waals surface area contributed by atoms with Gasteiger partial charge in [0.15, 0.2) is 12.6 Å². The van der Waals surface area contributed by atoms with Crippen LogP contribution in [0.3, 0.4) is 0 Å². The Morgan fingerprint density at radius 2 is 0.860 bits per heavy atom. The van der Waals surface area contributed by atoms with E-state index in [1.807, 2.05) is 22.7 Å². The minimum absolute atomic E-state index is 0.291. The number of anilines is 6. The quantitative estimate of drug-likeness (QED) is 0.158. The van der Waals surface area contributed by atoms with Gasteiger partial charge in [0.25, 0.3) is 0 Å². The minimum Gasteiger partial charge on any atom is -0.346 e. The third-order valence-corrected chi connectivity index (χ3v) is 11.3. The van der Waals surface area contributed by atoms with Crippen molar-refractivity contribution in [3.05, 3.63) is 144 Å². The molecule has 0 bridgehead atoms. The van der Waals surface area contributed by atoms with Gasteiger partial charge in [-0.15, -0.1) is 22.7 Å². The van der Waals surface area contributed by atoms with Crippen LogP contribution in [0.15, 0.2) is 121 Å². The third kappa shape index (κ3) is 6.09. The Morgan fingerprint density at radius 3 is 1.24 bits per heavy atom. The number of rotatable bonds is 8. The molecule has 7 aromatic rings. The van der Waals surface area contributed by atoms with Crippen LogP contribution in [0.1, 0.15) is 34.8 Å². The van der Waals surface area contributed by atoms with E-state index in [9.17, 15) is 0 Å². The summed E-state index contributed by atoms with van der Waals surface area (Å²) in [7, 11) is 0. The van der Waals surface area contributed by atoms with Crippen molar-refractivity contribution in [2.24, 2.45) is 0 Å². The Kier molecular flexibility index (Phi) is 8.36. The highest BCUT2D eigenvalue weighted by atomic mass is 32.1. The van der Waals surface area contributed by atoms with E-state index < -0.39 is 0 Å². The standard InChI is InChI=1S/C42H36N2O4S2/c1-27-5-3-7-35(21-27)43(33-13-9-29(10-14-33)41-45-17-18-46-41)39-25-31-23-38-32(24-37(31)49-39)26-40(50-38)44(36-8-4-6-28(2)22-36)34-15-11-30(12-16-34)42-47-19-20-48-42/h3-16,21-26,41-42H,17-20H2,1-2H3. The highest BCUT2D eigenvalue weighted by molar-refractivity contribution is 7.24. The molecule has 2 aliphatic rings. The number of aryl methyl sites for hydroxylation is 2. The van der Waals surface area contributed by atoms with Crippen LogP contribution in [0.25, 0.3) is 20.2 Å². The van der Waals surface area contributed by atoms with Gasteiger partial charge in [-0.2, -0.15) is 0 Å². The Balaban J connectivity index is 1.09. The average Bonchev–Trinajstić information content (AvgIpc) is 3.96. The molecule has 2 aliphatic heterocycles. The van der Waals surface area contributed by atoms with Crippen molar-refractivity contribution in [3.8, 4) is 0 Å². The second-order valence-electron chi connectivity index (χ2n) is 12.8. The summed E-state index contributed by atoms with van der Waals surface area (Å²) in [6.07, 6.45) is -0.582. The summed E-state index contributed by atoms with van der Waals surface area (Å²) in [6, 6.07) is 43.8. The number of hydrogen-bond acceptors (Lipinski definition) is 8. The van der Waals surface area contributed by atoms with Crippen LogP contribution in [0.2, 0.25) is 0 Å². The zero-order valence-corrected chi connectivity index (χ0v) is 29.5. The van der Waals surface area contributed by atoms with Crippen LogP contribution < -0.4 is 9.80 Å². The van der Waals surface area contributed by atoms with Crippen molar-refractivity contribution >= 4 is 75.6 Å². The normalized spacial score (nSPS) is 15.4. The minimum atomic E-state index is -0.291. The molecule has 5 aromatic carbocycles. The Hall–Kier alpha value is -4.54. The number of hydrogen-bond donors (Lipinski definition) is 0. The molecule has 0 aliphatic carbocycles. The Bertz CT molecular complexity index is 2070. The first-order chi connectivity index (χ1) is 24.6. The van der Waals surface area contributed by atoms with E-state index in [-0.39, 0.29) is 12.6 Å². The maximum absolute atomic E-state index is 5.75. The van der Waals surface area contributed by atoms with Crippen LogP contribution in [0.4, 0.5) is 32.8 Å². The zero-order valence-electron chi connectivity index (χ0n) is 27.9. The van der Waals surface area contributed by atoms with Gasteiger partial charge in [0.2, 0.25) is 0 Å². The van der Waals surface area contributed by atoms with Crippen molar-refractivity contribution in [3.63, 3.8) is 0 Å². The lowest BCUT2D eigenvalue weighted by Gasteiger charge is -2.24. The van der Waals surface area contributed by atoms with Crippen molar-refractivity contribution in [1.29, 1.82) is 0 Å². The van der Waals surface area contributed by atoms with Gasteiger partial charge in [0, 0.05) is 43.3 Å². The lowest BCUT2D eigenvalue weighted by molar-refractivity contribution is -0.0443. The maximum atomic E-state index is 5.75. The molecule has 6 nitrogen and oxygen atoms in total. The Morgan fingerprint density at radius 1 is 0.460 bits per heavy atom. The van der Waals surface area contributed by atoms with E-state index in [4.69, 9.17) is 18.9 Å². The van der Waals surface area contributed by atoms with Crippen LogP contribution in [-0.4, -0.2) is 26.4 Å². The van der Waals surface area contributed by atoms with Gasteiger partial charge in [-0.3, -0.25) is 0 Å². The molecule has 2 fully saturated rings. The van der Waals surface area contributed by atoms with Gasteiger partial charge >= 0.3 is 0 Å². The molecule has 9 rings (SSSR count). The van der Waals surface area contributed by atoms with E-state index in [0.717, 1.165) is 33.9 Å². The van der Waals surface area contributed by atoms with Gasteiger partial charge in [-0.25, -0.2) is 0 Å². The molecule has 0 N–H and O–H groups in total. The molecule has 4 heterocycles. The molecule has 0 unspecified atom stereocenters. The molecule has 0 amide bonds. The second-order valence-corrected chi connectivity index (χ2v) is 14.9. The largest absolute Gasteiger partial charge is 0.346 e. The smallest absolute Gasteiger partial charge is 0.184 e. The predicted molar refractivity (Wildman–Crippen MR) is 205 cm³/mol. The first-order valence-corrected chi connectivity index (χ1v) is 18.6. The van der Waals surface area contributed by atoms with E-state index in [1.54, 1.807) is 0 Å². The fourth-order valence-electron chi connectivity index (χ4n) is 6.77. The van der Waals surface area contributed by atoms with Crippen molar-refractivity contribution in [2.45, 2.75) is 26.4 Å². The molecule has 2 aromatic heterocycles. The molecule has 0 spiro atoms. The first kappa shape index (κ1) is 31.4. The fraction of sp³-hybridized carbons (Fsp3) is 0.190. The SMILES string of the molecule is Cc1cccc(N(c2ccc(C3OCCO3)cc2)c2cc3cc4sc(N(c5ccc(C6OCCO6)cc5)c5cccc(C)c5)cc4cc3s2)c1. The highest BCUT2D eigenvalue weighted by Crippen LogP contribution is 2.47. The number of nitrogens with zero attached hydrogens (tertiary/aromatic N) is 2. The van der Waals surface area contributed by atoms with Crippen molar-refractivity contribution in [2.75, 3.05) is 36.2 Å². The maximum Gasteiger partial charge on any atom is 0.184 e. The van der Waals surface area contributed by atoms with Crippen LogP contribution in [0.5, 0.6) is 0 Å². The fourth-order valence-corrected chi connectivity index (χ4v) is 9.04. The molecule has 2 saturated heterocycles. The zero-order chi connectivity index (χ0) is 33.6. The summed E-state index contributed by atoms with van der Waals surface area (Å²) in [6.45, 7) is 6.81. The summed E-state index contributed by atoms with van der Waals surface area (Å²) in [5.74, 6) is 0. The van der Waals surface area contributed by atoms with Gasteiger partial charge in [0.1, 0.15) is 10.0 Å². The summed E-state index contributed by atoms with van der Waals surface area (Å²) in [5, 5.41) is 4.80. The molecule has 8 heteroatoms. The van der Waals surface area contributed by atoms with Gasteiger partial charge in [0.05, 0.1) is 26.4 Å². The van der Waals surface area contributed by atoms with E-state index >= 15 is 0 Å².